The topological polar surface area (TPSA) is 21.3 Å². The molecule has 0 bridgehead atoms. The predicted octanol–water partition coefficient (Wildman–Crippen LogP) is 4.04. The summed E-state index contributed by atoms with van der Waals surface area (Å²) in [6.45, 7) is 4.15. The lowest BCUT2D eigenvalue weighted by molar-refractivity contribution is 0.288. The molecule has 0 atom stereocenters. The van der Waals surface area contributed by atoms with Crippen molar-refractivity contribution in [2.24, 2.45) is 0 Å². The summed E-state index contributed by atoms with van der Waals surface area (Å²) in [6.07, 6.45) is 1.10. The molecule has 0 aromatic heterocycles. The Bertz CT molecular complexity index is 570. The van der Waals surface area contributed by atoms with E-state index in [0.29, 0.717) is 0 Å². The third kappa shape index (κ3) is 4.83. The quantitative estimate of drug-likeness (QED) is 0.777. The Labute approximate surface area is 123 Å². The van der Waals surface area contributed by atoms with Gasteiger partial charge in [-0.05, 0) is 36.2 Å². The maximum Gasteiger partial charge on any atom is 0.165 e. The molecule has 0 saturated heterocycles. The van der Waals surface area contributed by atoms with Crippen LogP contribution >= 0.6 is 0 Å². The fraction of sp³-hybridized carbons (Fsp3) is 0.294. The van der Waals surface area contributed by atoms with Crippen LogP contribution in [0.5, 0.6) is 5.75 Å². The van der Waals surface area contributed by atoms with Crippen LogP contribution in [0.2, 0.25) is 0 Å². The van der Waals surface area contributed by atoms with Gasteiger partial charge in [-0.1, -0.05) is 31.2 Å². The maximum absolute atomic E-state index is 13.4. The van der Waals surface area contributed by atoms with Crippen molar-refractivity contribution in [2.75, 3.05) is 6.54 Å². The van der Waals surface area contributed by atoms with E-state index < -0.39 is 11.6 Å². The van der Waals surface area contributed by atoms with Crippen molar-refractivity contribution < 1.29 is 13.5 Å². The molecule has 0 unspecified atom stereocenters. The Morgan fingerprint density at radius 2 is 1.71 bits per heavy atom. The molecule has 0 aliphatic heterocycles. The van der Waals surface area contributed by atoms with E-state index in [1.165, 1.54) is 5.56 Å². The van der Waals surface area contributed by atoms with Crippen LogP contribution in [0.25, 0.3) is 0 Å². The third-order valence-corrected chi connectivity index (χ3v) is 3.07. The van der Waals surface area contributed by atoms with Gasteiger partial charge in [0.25, 0.3) is 0 Å². The van der Waals surface area contributed by atoms with Gasteiger partial charge >= 0.3 is 0 Å². The molecule has 2 rings (SSSR count). The van der Waals surface area contributed by atoms with Gasteiger partial charge in [0, 0.05) is 12.6 Å². The van der Waals surface area contributed by atoms with Crippen molar-refractivity contribution in [1.82, 2.24) is 5.32 Å². The van der Waals surface area contributed by atoms with Crippen LogP contribution in [0.3, 0.4) is 0 Å². The van der Waals surface area contributed by atoms with Gasteiger partial charge in [0.15, 0.2) is 11.6 Å². The van der Waals surface area contributed by atoms with E-state index in [0.717, 1.165) is 43.3 Å². The van der Waals surface area contributed by atoms with Crippen molar-refractivity contribution in [1.29, 1.82) is 0 Å². The van der Waals surface area contributed by atoms with Gasteiger partial charge < -0.3 is 10.1 Å². The van der Waals surface area contributed by atoms with Crippen molar-refractivity contribution in [3.05, 3.63) is 65.2 Å². The van der Waals surface area contributed by atoms with Gasteiger partial charge in [-0.2, -0.15) is 0 Å². The number of hydrogen-bond donors (Lipinski definition) is 1. The summed E-state index contributed by atoms with van der Waals surface area (Å²) in [5.41, 5.74) is 2.10. The molecule has 0 amide bonds. The van der Waals surface area contributed by atoms with E-state index in [-0.39, 0.29) is 12.4 Å². The Kier molecular flexibility index (Phi) is 5.69. The molecule has 1 N–H and O–H groups in total. The molecule has 0 aliphatic rings. The molecule has 2 aromatic rings. The molecule has 0 radical (unpaired) electrons. The van der Waals surface area contributed by atoms with E-state index in [2.05, 4.69) is 12.2 Å². The fourth-order valence-corrected chi connectivity index (χ4v) is 1.91. The maximum atomic E-state index is 13.4. The van der Waals surface area contributed by atoms with Crippen molar-refractivity contribution in [3.8, 4) is 5.75 Å². The fourth-order valence-electron chi connectivity index (χ4n) is 1.91. The first-order chi connectivity index (χ1) is 10.2. The molecule has 2 nitrogen and oxygen atoms in total. The van der Waals surface area contributed by atoms with Gasteiger partial charge in [-0.25, -0.2) is 8.78 Å². The summed E-state index contributed by atoms with van der Waals surface area (Å²) in [5, 5.41) is 3.32. The van der Waals surface area contributed by atoms with Gasteiger partial charge in [0.1, 0.15) is 12.4 Å². The lowest BCUT2D eigenvalue weighted by Crippen LogP contribution is -2.13. The summed E-state index contributed by atoms with van der Waals surface area (Å²) in [5.74, 6) is -1.13. The smallest absolute Gasteiger partial charge is 0.165 e. The van der Waals surface area contributed by atoms with Crippen LogP contribution in [-0.4, -0.2) is 6.54 Å². The van der Waals surface area contributed by atoms with Gasteiger partial charge in [0.05, 0.1) is 0 Å². The third-order valence-electron chi connectivity index (χ3n) is 3.07. The number of halogens is 2. The highest BCUT2D eigenvalue weighted by molar-refractivity contribution is 5.26. The summed E-state index contributed by atoms with van der Waals surface area (Å²) in [4.78, 5) is 0. The van der Waals surface area contributed by atoms with Crippen LogP contribution in [0, 0.1) is 11.6 Å². The molecule has 0 aliphatic carbocycles. The van der Waals surface area contributed by atoms with Crippen molar-refractivity contribution >= 4 is 0 Å². The van der Waals surface area contributed by atoms with Crippen LogP contribution < -0.4 is 10.1 Å². The highest BCUT2D eigenvalue weighted by Crippen LogP contribution is 2.19. The van der Waals surface area contributed by atoms with E-state index in [1.807, 2.05) is 24.3 Å². The Hall–Kier alpha value is -1.94. The second-order valence-corrected chi connectivity index (χ2v) is 4.86. The lowest BCUT2D eigenvalue weighted by atomic mass is 10.1. The molecule has 2 aromatic carbocycles. The average Bonchev–Trinajstić information content (AvgIpc) is 2.50. The molecule has 21 heavy (non-hydrogen) atoms. The number of benzene rings is 2. The minimum absolute atomic E-state index is 0.0660. The number of ether oxygens (including phenoxy) is 1. The SMILES string of the molecule is CCCNCc1ccc(COc2cc(F)ccc2F)cc1. The van der Waals surface area contributed by atoms with Gasteiger partial charge in [-0.15, -0.1) is 0 Å². The molecule has 0 spiro atoms. The first-order valence-electron chi connectivity index (χ1n) is 7.05. The molecular weight excluding hydrogens is 272 g/mol. The zero-order valence-corrected chi connectivity index (χ0v) is 12.0. The van der Waals surface area contributed by atoms with Gasteiger partial charge in [0.2, 0.25) is 0 Å². The summed E-state index contributed by atoms with van der Waals surface area (Å²) in [6, 6.07) is 11.1. The van der Waals surface area contributed by atoms with Crippen LogP contribution in [0.4, 0.5) is 8.78 Å². The van der Waals surface area contributed by atoms with Gasteiger partial charge in [-0.3, -0.25) is 0 Å². The Morgan fingerprint density at radius 3 is 2.43 bits per heavy atom. The number of rotatable bonds is 7. The van der Waals surface area contributed by atoms with Crippen molar-refractivity contribution in [3.63, 3.8) is 0 Å². The molecule has 4 heteroatoms. The molecule has 0 fully saturated rings. The highest BCUT2D eigenvalue weighted by Gasteiger charge is 2.05. The molecular formula is C17H19F2NO. The second-order valence-electron chi connectivity index (χ2n) is 4.86. The predicted molar refractivity (Wildman–Crippen MR) is 79.1 cm³/mol. The van der Waals surface area contributed by atoms with Crippen LogP contribution in [-0.2, 0) is 13.2 Å². The first kappa shape index (κ1) is 15.4. The molecule has 0 saturated carbocycles. The molecule has 112 valence electrons. The minimum atomic E-state index is -0.559. The monoisotopic (exact) mass is 291 g/mol. The van der Waals surface area contributed by atoms with E-state index in [9.17, 15) is 8.78 Å². The normalized spacial score (nSPS) is 10.6. The second kappa shape index (κ2) is 7.74. The Morgan fingerprint density at radius 1 is 1.00 bits per heavy atom. The average molecular weight is 291 g/mol. The minimum Gasteiger partial charge on any atom is -0.486 e. The summed E-state index contributed by atoms with van der Waals surface area (Å²) in [7, 11) is 0. The largest absolute Gasteiger partial charge is 0.486 e. The Balaban J connectivity index is 1.90. The van der Waals surface area contributed by atoms with E-state index in [4.69, 9.17) is 4.74 Å². The van der Waals surface area contributed by atoms with Crippen LogP contribution in [0.15, 0.2) is 42.5 Å². The summed E-state index contributed by atoms with van der Waals surface area (Å²) >= 11 is 0. The summed E-state index contributed by atoms with van der Waals surface area (Å²) < 4.78 is 31.7. The highest BCUT2D eigenvalue weighted by atomic mass is 19.1. The lowest BCUT2D eigenvalue weighted by Gasteiger charge is -2.08. The number of nitrogens with one attached hydrogen (secondary N) is 1. The van der Waals surface area contributed by atoms with E-state index >= 15 is 0 Å². The van der Waals surface area contributed by atoms with Crippen LogP contribution in [0.1, 0.15) is 24.5 Å². The zero-order chi connectivity index (χ0) is 15.1. The zero-order valence-electron chi connectivity index (χ0n) is 12.0. The first-order valence-corrected chi connectivity index (χ1v) is 7.05. The number of hydrogen-bond acceptors (Lipinski definition) is 2. The van der Waals surface area contributed by atoms with E-state index in [1.54, 1.807) is 0 Å². The van der Waals surface area contributed by atoms with Crippen molar-refractivity contribution in [2.45, 2.75) is 26.5 Å². The molecule has 0 heterocycles. The standard InChI is InChI=1S/C17H19F2NO/c1-2-9-20-11-13-3-5-14(6-4-13)12-21-17-10-15(18)7-8-16(17)19/h3-8,10,20H,2,9,11-12H2,1H3.